The summed E-state index contributed by atoms with van der Waals surface area (Å²) in [5.41, 5.74) is 7.08. The topological polar surface area (TPSA) is 55.5 Å². The third kappa shape index (κ3) is 3.42. The molecule has 3 nitrogen and oxygen atoms in total. The molecule has 0 saturated heterocycles. The average molecular weight is 223 g/mol. The van der Waals surface area contributed by atoms with E-state index in [0.29, 0.717) is 18.3 Å². The van der Waals surface area contributed by atoms with Crippen LogP contribution in [0.2, 0.25) is 0 Å². The molecule has 0 spiro atoms. The number of rotatable bonds is 5. The van der Waals surface area contributed by atoms with Crippen molar-refractivity contribution in [3.05, 3.63) is 23.8 Å². The molecule has 1 aromatic carbocycles. The molecule has 0 aliphatic carbocycles. The van der Waals surface area contributed by atoms with Crippen molar-refractivity contribution in [1.82, 2.24) is 0 Å². The lowest BCUT2D eigenvalue weighted by Gasteiger charge is -2.16. The van der Waals surface area contributed by atoms with Crippen LogP contribution in [-0.4, -0.2) is 11.7 Å². The Labute approximate surface area is 97.2 Å². The van der Waals surface area contributed by atoms with Crippen molar-refractivity contribution < 1.29 is 9.84 Å². The zero-order valence-corrected chi connectivity index (χ0v) is 10.2. The predicted octanol–water partition coefficient (Wildman–Crippen LogP) is 2.84. The third-order valence-electron chi connectivity index (χ3n) is 2.44. The molecule has 16 heavy (non-hydrogen) atoms. The monoisotopic (exact) mass is 223 g/mol. The number of ether oxygens (including phenoxy) is 1. The molecule has 3 N–H and O–H groups in total. The minimum absolute atomic E-state index is 0.000180. The summed E-state index contributed by atoms with van der Waals surface area (Å²) in [6, 6.07) is 5.32. The molecule has 0 amide bonds. The standard InChI is InChI=1S/C13H21NO2/c1-4-16-13-8-10(5-6-12(13)15)11(14)7-9(2)3/h5-6,8-9,11,15H,4,7,14H2,1-3H3/t11-/m1/s1. The van der Waals surface area contributed by atoms with Gasteiger partial charge in [0.15, 0.2) is 11.5 Å². The first-order valence-corrected chi connectivity index (χ1v) is 5.75. The maximum atomic E-state index is 9.56. The van der Waals surface area contributed by atoms with Gasteiger partial charge in [-0.2, -0.15) is 0 Å². The Morgan fingerprint density at radius 3 is 2.62 bits per heavy atom. The van der Waals surface area contributed by atoms with Crippen LogP contribution in [0, 0.1) is 5.92 Å². The van der Waals surface area contributed by atoms with Gasteiger partial charge in [0.1, 0.15) is 0 Å². The highest BCUT2D eigenvalue weighted by Gasteiger charge is 2.11. The zero-order valence-electron chi connectivity index (χ0n) is 10.2. The molecule has 0 aliphatic rings. The minimum Gasteiger partial charge on any atom is -0.504 e. The van der Waals surface area contributed by atoms with Crippen molar-refractivity contribution >= 4 is 0 Å². The molecule has 0 aromatic heterocycles. The minimum atomic E-state index is -0.000180. The number of hydrogen-bond acceptors (Lipinski definition) is 3. The van der Waals surface area contributed by atoms with Crippen LogP contribution >= 0.6 is 0 Å². The third-order valence-corrected chi connectivity index (χ3v) is 2.44. The molecule has 90 valence electrons. The second kappa shape index (κ2) is 5.75. The summed E-state index contributed by atoms with van der Waals surface area (Å²) < 4.78 is 5.33. The van der Waals surface area contributed by atoms with Gasteiger partial charge >= 0.3 is 0 Å². The SMILES string of the molecule is CCOc1cc([C@H](N)CC(C)C)ccc1O. The fourth-order valence-corrected chi connectivity index (χ4v) is 1.68. The summed E-state index contributed by atoms with van der Waals surface area (Å²) in [4.78, 5) is 0. The smallest absolute Gasteiger partial charge is 0.161 e. The van der Waals surface area contributed by atoms with E-state index >= 15 is 0 Å². The Kier molecular flexibility index (Phi) is 4.62. The summed E-state index contributed by atoms with van der Waals surface area (Å²) >= 11 is 0. The Morgan fingerprint density at radius 1 is 1.38 bits per heavy atom. The van der Waals surface area contributed by atoms with E-state index in [1.54, 1.807) is 6.07 Å². The molecule has 3 heteroatoms. The van der Waals surface area contributed by atoms with Crippen LogP contribution in [0.15, 0.2) is 18.2 Å². The van der Waals surface area contributed by atoms with Crippen LogP contribution < -0.4 is 10.5 Å². The fourth-order valence-electron chi connectivity index (χ4n) is 1.68. The van der Waals surface area contributed by atoms with Gasteiger partial charge < -0.3 is 15.6 Å². The van der Waals surface area contributed by atoms with Crippen molar-refractivity contribution in [1.29, 1.82) is 0 Å². The van der Waals surface area contributed by atoms with Crippen LogP contribution in [0.5, 0.6) is 11.5 Å². The normalized spacial score (nSPS) is 12.8. The number of benzene rings is 1. The summed E-state index contributed by atoms with van der Waals surface area (Å²) in [6.07, 6.45) is 0.927. The molecule has 0 bridgehead atoms. The van der Waals surface area contributed by atoms with Gasteiger partial charge in [0.2, 0.25) is 0 Å². The van der Waals surface area contributed by atoms with Gasteiger partial charge in [-0.15, -0.1) is 0 Å². The van der Waals surface area contributed by atoms with Crippen molar-refractivity contribution in [2.75, 3.05) is 6.61 Å². The number of phenolic OH excluding ortho intramolecular Hbond substituents is 1. The van der Waals surface area contributed by atoms with Crippen molar-refractivity contribution in [3.8, 4) is 11.5 Å². The van der Waals surface area contributed by atoms with Gasteiger partial charge in [-0.05, 0) is 37.0 Å². The summed E-state index contributed by atoms with van der Waals surface area (Å²) in [7, 11) is 0. The fraction of sp³-hybridized carbons (Fsp3) is 0.538. The molecule has 1 aromatic rings. The average Bonchev–Trinajstić information content (AvgIpc) is 2.20. The van der Waals surface area contributed by atoms with Crippen LogP contribution in [0.1, 0.15) is 38.8 Å². The van der Waals surface area contributed by atoms with E-state index in [1.807, 2.05) is 19.1 Å². The largest absolute Gasteiger partial charge is 0.504 e. The van der Waals surface area contributed by atoms with E-state index in [2.05, 4.69) is 13.8 Å². The molecule has 0 aliphatic heterocycles. The summed E-state index contributed by atoms with van der Waals surface area (Å²) in [6.45, 7) is 6.71. The molecule has 0 heterocycles. The van der Waals surface area contributed by atoms with Crippen LogP contribution in [0.25, 0.3) is 0 Å². The molecule has 1 rings (SSSR count). The van der Waals surface area contributed by atoms with Gasteiger partial charge in [0, 0.05) is 6.04 Å². The lowest BCUT2D eigenvalue weighted by molar-refractivity contribution is 0.317. The molecule has 0 fully saturated rings. The predicted molar refractivity (Wildman–Crippen MR) is 65.7 cm³/mol. The van der Waals surface area contributed by atoms with E-state index in [4.69, 9.17) is 10.5 Å². The summed E-state index contributed by atoms with van der Waals surface area (Å²) in [5.74, 6) is 1.24. The van der Waals surface area contributed by atoms with E-state index in [-0.39, 0.29) is 11.8 Å². The first-order chi connectivity index (χ1) is 7.54. The van der Waals surface area contributed by atoms with Gasteiger partial charge in [-0.1, -0.05) is 19.9 Å². The molecule has 0 radical (unpaired) electrons. The van der Waals surface area contributed by atoms with Crippen molar-refractivity contribution in [2.45, 2.75) is 33.2 Å². The molecule has 1 atom stereocenters. The van der Waals surface area contributed by atoms with Gasteiger partial charge in [-0.25, -0.2) is 0 Å². The number of nitrogens with two attached hydrogens (primary N) is 1. The molecule has 0 saturated carbocycles. The lowest BCUT2D eigenvalue weighted by atomic mass is 9.97. The van der Waals surface area contributed by atoms with E-state index < -0.39 is 0 Å². The number of aromatic hydroxyl groups is 1. The van der Waals surface area contributed by atoms with E-state index in [1.165, 1.54) is 0 Å². The molecule has 0 unspecified atom stereocenters. The summed E-state index contributed by atoms with van der Waals surface area (Å²) in [5, 5.41) is 9.56. The number of hydrogen-bond donors (Lipinski definition) is 2. The van der Waals surface area contributed by atoms with Crippen molar-refractivity contribution in [3.63, 3.8) is 0 Å². The van der Waals surface area contributed by atoms with E-state index in [0.717, 1.165) is 12.0 Å². The first kappa shape index (κ1) is 12.8. The quantitative estimate of drug-likeness (QED) is 0.807. The highest BCUT2D eigenvalue weighted by atomic mass is 16.5. The Bertz CT molecular complexity index is 337. The van der Waals surface area contributed by atoms with Gasteiger partial charge in [0.05, 0.1) is 6.61 Å². The van der Waals surface area contributed by atoms with Crippen LogP contribution in [-0.2, 0) is 0 Å². The Balaban J connectivity index is 2.84. The van der Waals surface area contributed by atoms with Crippen LogP contribution in [0.3, 0.4) is 0 Å². The Morgan fingerprint density at radius 2 is 2.06 bits per heavy atom. The Hall–Kier alpha value is -1.22. The zero-order chi connectivity index (χ0) is 12.1. The maximum Gasteiger partial charge on any atom is 0.161 e. The highest BCUT2D eigenvalue weighted by molar-refractivity contribution is 5.42. The van der Waals surface area contributed by atoms with E-state index in [9.17, 15) is 5.11 Å². The highest BCUT2D eigenvalue weighted by Crippen LogP contribution is 2.30. The van der Waals surface area contributed by atoms with Gasteiger partial charge in [0.25, 0.3) is 0 Å². The second-order valence-corrected chi connectivity index (χ2v) is 4.40. The maximum absolute atomic E-state index is 9.56. The van der Waals surface area contributed by atoms with Crippen molar-refractivity contribution in [2.24, 2.45) is 11.7 Å². The lowest BCUT2D eigenvalue weighted by Crippen LogP contribution is -2.13. The van der Waals surface area contributed by atoms with Crippen LogP contribution in [0.4, 0.5) is 0 Å². The molecular weight excluding hydrogens is 202 g/mol. The number of phenols is 1. The first-order valence-electron chi connectivity index (χ1n) is 5.75. The van der Waals surface area contributed by atoms with Gasteiger partial charge in [-0.3, -0.25) is 0 Å². The molecular formula is C13H21NO2. The second-order valence-electron chi connectivity index (χ2n) is 4.40.